The molecule has 0 aliphatic carbocycles. The summed E-state index contributed by atoms with van der Waals surface area (Å²) in [6.45, 7) is -1.48. The van der Waals surface area contributed by atoms with Gasteiger partial charge in [0.05, 0.1) is 0 Å². The zero-order chi connectivity index (χ0) is 7.28. The van der Waals surface area contributed by atoms with Crippen LogP contribution < -0.4 is 29.6 Å². The van der Waals surface area contributed by atoms with Crippen molar-refractivity contribution in [3.63, 3.8) is 0 Å². The second-order valence-corrected chi connectivity index (χ2v) is 1.21. The normalized spacial score (nSPS) is 7.70. The van der Waals surface area contributed by atoms with Crippen LogP contribution >= 0.6 is 0 Å². The van der Waals surface area contributed by atoms with Crippen LogP contribution in [-0.2, 0) is 14.3 Å². The molecule has 0 saturated heterocycles. The van der Waals surface area contributed by atoms with E-state index in [2.05, 4.69) is 4.74 Å². The molecule has 0 radical (unpaired) electrons. The first-order valence-electron chi connectivity index (χ1n) is 2.15. The molecule has 54 valence electrons. The summed E-state index contributed by atoms with van der Waals surface area (Å²) in [6, 6.07) is 0. The Morgan fingerprint density at radius 2 is 2.00 bits per heavy atom. The van der Waals surface area contributed by atoms with Crippen molar-refractivity contribution in [1.29, 1.82) is 0 Å². The largest absolute Gasteiger partial charge is 1.00 e. The van der Waals surface area contributed by atoms with E-state index in [-0.39, 0.29) is 31.0 Å². The van der Waals surface area contributed by atoms with Gasteiger partial charge in [-0.25, -0.2) is 9.59 Å². The van der Waals surface area contributed by atoms with Crippen LogP contribution in [0, 0.1) is 0 Å². The molecule has 0 saturated carbocycles. The standard InChI is InChI=1S/C4H6O5.Na.H/c5-1-4(8)9-2-3(6)7;;/h5H,1-2H2,(H,6,7);;/q;+1;-1. The summed E-state index contributed by atoms with van der Waals surface area (Å²) in [7, 11) is 0. The third-order valence-corrected chi connectivity index (χ3v) is 0.486. The van der Waals surface area contributed by atoms with Crippen molar-refractivity contribution in [3.05, 3.63) is 0 Å². The van der Waals surface area contributed by atoms with Gasteiger partial charge in [-0.1, -0.05) is 0 Å². The summed E-state index contributed by atoms with van der Waals surface area (Å²) in [5.74, 6) is -2.17. The zero-order valence-corrected chi connectivity index (χ0v) is 7.53. The number of esters is 1. The van der Waals surface area contributed by atoms with Crippen molar-refractivity contribution in [3.8, 4) is 0 Å². The number of carboxylic acids is 1. The number of carbonyl (C=O) groups is 2. The van der Waals surface area contributed by atoms with E-state index in [1.54, 1.807) is 0 Å². The third kappa shape index (κ3) is 7.90. The second-order valence-electron chi connectivity index (χ2n) is 1.21. The fourth-order valence-electron chi connectivity index (χ4n) is 0.188. The van der Waals surface area contributed by atoms with E-state index >= 15 is 0 Å². The minimum Gasteiger partial charge on any atom is -1.00 e. The quantitative estimate of drug-likeness (QED) is 0.321. The average molecular weight is 158 g/mol. The average Bonchev–Trinajstić information content (AvgIpc) is 1.83. The van der Waals surface area contributed by atoms with Gasteiger partial charge >= 0.3 is 41.5 Å². The smallest absolute Gasteiger partial charge is 1.00 e. The number of aliphatic hydroxyl groups is 1. The molecule has 0 heterocycles. The summed E-state index contributed by atoms with van der Waals surface area (Å²) in [5.41, 5.74) is 0. The molecule has 0 bridgehead atoms. The van der Waals surface area contributed by atoms with Crippen molar-refractivity contribution in [2.24, 2.45) is 0 Å². The molecule has 0 aliphatic heterocycles. The van der Waals surface area contributed by atoms with Gasteiger partial charge in [-0.2, -0.15) is 0 Å². The van der Waals surface area contributed by atoms with E-state index in [0.717, 1.165) is 0 Å². The van der Waals surface area contributed by atoms with Crippen molar-refractivity contribution in [2.45, 2.75) is 0 Å². The van der Waals surface area contributed by atoms with Gasteiger partial charge in [-0.3, -0.25) is 0 Å². The molecule has 0 atom stereocenters. The number of hydrogen-bond donors (Lipinski definition) is 2. The van der Waals surface area contributed by atoms with Crippen LogP contribution in [0.15, 0.2) is 0 Å². The van der Waals surface area contributed by atoms with E-state index in [1.165, 1.54) is 0 Å². The summed E-state index contributed by atoms with van der Waals surface area (Å²) < 4.78 is 3.96. The maximum atomic E-state index is 9.98. The first-order chi connectivity index (χ1) is 4.16. The topological polar surface area (TPSA) is 83.8 Å². The number of hydrogen-bond acceptors (Lipinski definition) is 4. The molecule has 0 spiro atoms. The van der Waals surface area contributed by atoms with E-state index in [0.29, 0.717) is 0 Å². The molecular weight excluding hydrogens is 151 g/mol. The van der Waals surface area contributed by atoms with Gasteiger partial charge in [0.2, 0.25) is 0 Å². The van der Waals surface area contributed by atoms with Crippen molar-refractivity contribution in [1.82, 2.24) is 0 Å². The zero-order valence-electron chi connectivity index (χ0n) is 6.53. The Bertz CT molecular complexity index is 128. The van der Waals surface area contributed by atoms with E-state index in [1.807, 2.05) is 0 Å². The monoisotopic (exact) mass is 158 g/mol. The maximum absolute atomic E-state index is 9.98. The molecule has 2 N–H and O–H groups in total. The van der Waals surface area contributed by atoms with E-state index < -0.39 is 25.2 Å². The van der Waals surface area contributed by atoms with Gasteiger partial charge in [0.25, 0.3) is 0 Å². The fraction of sp³-hybridized carbons (Fsp3) is 0.500. The summed E-state index contributed by atoms with van der Waals surface area (Å²) in [5, 5.41) is 15.9. The Labute approximate surface area is 80.8 Å². The first-order valence-corrected chi connectivity index (χ1v) is 2.15. The minimum absolute atomic E-state index is 0. The molecule has 10 heavy (non-hydrogen) atoms. The van der Waals surface area contributed by atoms with Crippen LogP contribution in [-0.4, -0.2) is 35.4 Å². The molecule has 6 heteroatoms. The molecular formula is C4H7NaO5. The minimum atomic E-state index is -1.24. The Hall–Kier alpha value is -0.100. The van der Waals surface area contributed by atoms with Crippen LogP contribution in [0.1, 0.15) is 1.43 Å². The number of aliphatic hydroxyl groups excluding tert-OH is 1. The summed E-state index contributed by atoms with van der Waals surface area (Å²) in [4.78, 5) is 19.6. The molecule has 0 aliphatic rings. The van der Waals surface area contributed by atoms with Gasteiger partial charge in [0, 0.05) is 0 Å². The SMILES string of the molecule is O=C(O)COC(=O)CO.[H-].[Na+]. The van der Waals surface area contributed by atoms with Gasteiger partial charge in [-0.15, -0.1) is 0 Å². The van der Waals surface area contributed by atoms with Crippen molar-refractivity contribution >= 4 is 11.9 Å². The Kier molecular flexibility index (Phi) is 8.81. The maximum Gasteiger partial charge on any atom is 1.00 e. The first kappa shape index (κ1) is 12.6. The number of aliphatic carboxylic acids is 1. The molecule has 0 aromatic carbocycles. The van der Waals surface area contributed by atoms with Crippen LogP contribution in [0.5, 0.6) is 0 Å². The van der Waals surface area contributed by atoms with Gasteiger partial charge in [0.1, 0.15) is 6.61 Å². The second kappa shape index (κ2) is 7.01. The van der Waals surface area contributed by atoms with Gasteiger partial charge in [-0.05, 0) is 0 Å². The summed E-state index contributed by atoms with van der Waals surface area (Å²) >= 11 is 0. The molecule has 0 fully saturated rings. The van der Waals surface area contributed by atoms with Crippen LogP contribution in [0.4, 0.5) is 0 Å². The predicted octanol–water partition coefficient (Wildman–Crippen LogP) is -4.28. The van der Waals surface area contributed by atoms with Gasteiger partial charge < -0.3 is 16.4 Å². The fourth-order valence-corrected chi connectivity index (χ4v) is 0.188. The van der Waals surface area contributed by atoms with E-state index in [9.17, 15) is 9.59 Å². The van der Waals surface area contributed by atoms with Crippen LogP contribution in [0.25, 0.3) is 0 Å². The number of carboxylic acid groups (broad SMARTS) is 1. The molecule has 0 aromatic heterocycles. The number of ether oxygens (including phenoxy) is 1. The van der Waals surface area contributed by atoms with Crippen LogP contribution in [0.3, 0.4) is 0 Å². The molecule has 0 unspecified atom stereocenters. The van der Waals surface area contributed by atoms with Crippen molar-refractivity contribution < 1.29 is 55.5 Å². The third-order valence-electron chi connectivity index (χ3n) is 0.486. The number of carbonyl (C=O) groups excluding carboxylic acids is 1. The Morgan fingerprint density at radius 3 is 2.30 bits per heavy atom. The molecule has 0 aromatic rings. The van der Waals surface area contributed by atoms with Gasteiger partial charge in [0.15, 0.2) is 6.61 Å². The number of rotatable bonds is 3. The summed E-state index contributed by atoms with van der Waals surface area (Å²) in [6.07, 6.45) is 0. The van der Waals surface area contributed by atoms with Crippen LogP contribution in [0.2, 0.25) is 0 Å². The Morgan fingerprint density at radius 1 is 1.50 bits per heavy atom. The molecule has 0 rings (SSSR count). The molecule has 0 amide bonds. The Balaban J connectivity index is -0.000000320. The van der Waals surface area contributed by atoms with Crippen molar-refractivity contribution in [2.75, 3.05) is 13.2 Å². The van der Waals surface area contributed by atoms with E-state index in [4.69, 9.17) is 10.2 Å². The predicted molar refractivity (Wildman–Crippen MR) is 26.8 cm³/mol. The molecule has 5 nitrogen and oxygen atoms in total.